The van der Waals surface area contributed by atoms with Gasteiger partial charge in [-0.05, 0) is 42.5 Å². The molecule has 0 saturated heterocycles. The molecule has 7 heteroatoms. The number of benzene rings is 3. The lowest BCUT2D eigenvalue weighted by atomic mass is 10.1. The molecule has 1 amide bonds. The zero-order valence-corrected chi connectivity index (χ0v) is 14.1. The molecule has 25 heavy (non-hydrogen) atoms. The third kappa shape index (κ3) is 2.49. The van der Waals surface area contributed by atoms with Crippen LogP contribution in [0.4, 0.5) is 11.4 Å². The number of carbonyl (C=O) groups is 1. The minimum atomic E-state index is -3.81. The van der Waals surface area contributed by atoms with Crippen LogP contribution in [0.15, 0.2) is 59.5 Å². The van der Waals surface area contributed by atoms with E-state index in [1.165, 1.54) is 6.07 Å². The molecule has 0 saturated carbocycles. The second-order valence-corrected chi connectivity index (χ2v) is 7.28. The Labute approximate surface area is 144 Å². The van der Waals surface area contributed by atoms with Gasteiger partial charge in [-0.1, -0.05) is 12.1 Å². The number of sulfonamides is 1. The summed E-state index contributed by atoms with van der Waals surface area (Å²) in [5, 5.41) is 3.88. The maximum absolute atomic E-state index is 12.8. The molecule has 0 bridgehead atoms. The van der Waals surface area contributed by atoms with E-state index in [0.717, 1.165) is 0 Å². The fraction of sp³-hybridized carbons (Fsp3) is 0.0556. The monoisotopic (exact) mass is 354 g/mol. The van der Waals surface area contributed by atoms with Crippen molar-refractivity contribution in [1.82, 2.24) is 0 Å². The molecule has 1 aliphatic heterocycles. The second-order valence-electron chi connectivity index (χ2n) is 5.63. The molecular weight excluding hydrogens is 340 g/mol. The Hall–Kier alpha value is -3.06. The van der Waals surface area contributed by atoms with Crippen LogP contribution in [0.3, 0.4) is 0 Å². The van der Waals surface area contributed by atoms with Crippen LogP contribution < -0.4 is 14.8 Å². The van der Waals surface area contributed by atoms with Gasteiger partial charge >= 0.3 is 0 Å². The highest BCUT2D eigenvalue weighted by molar-refractivity contribution is 7.93. The summed E-state index contributed by atoms with van der Waals surface area (Å²) in [7, 11) is -2.27. The third-order valence-corrected chi connectivity index (χ3v) is 5.56. The Morgan fingerprint density at radius 1 is 1.00 bits per heavy atom. The molecule has 4 rings (SSSR count). The van der Waals surface area contributed by atoms with Crippen molar-refractivity contribution >= 4 is 38.1 Å². The molecule has 1 aliphatic rings. The van der Waals surface area contributed by atoms with Crippen molar-refractivity contribution in [3.63, 3.8) is 0 Å². The molecule has 0 radical (unpaired) electrons. The zero-order valence-electron chi connectivity index (χ0n) is 13.2. The first-order valence-electron chi connectivity index (χ1n) is 7.53. The van der Waals surface area contributed by atoms with Crippen LogP contribution in [-0.4, -0.2) is 21.4 Å². The molecule has 2 N–H and O–H groups in total. The van der Waals surface area contributed by atoms with E-state index in [0.29, 0.717) is 33.5 Å². The first-order chi connectivity index (χ1) is 12.0. The Balaban J connectivity index is 1.81. The molecule has 6 nitrogen and oxygen atoms in total. The van der Waals surface area contributed by atoms with Crippen molar-refractivity contribution in [1.29, 1.82) is 0 Å². The van der Waals surface area contributed by atoms with Crippen LogP contribution >= 0.6 is 0 Å². The first-order valence-corrected chi connectivity index (χ1v) is 9.02. The molecule has 126 valence electrons. The van der Waals surface area contributed by atoms with Crippen LogP contribution in [0.1, 0.15) is 10.4 Å². The summed E-state index contributed by atoms with van der Waals surface area (Å²) in [6.45, 7) is 0. The molecule has 0 aliphatic carbocycles. The number of nitrogens with one attached hydrogen (secondary N) is 2. The fourth-order valence-electron chi connectivity index (χ4n) is 2.97. The Morgan fingerprint density at radius 2 is 1.76 bits per heavy atom. The first kappa shape index (κ1) is 15.5. The summed E-state index contributed by atoms with van der Waals surface area (Å²) < 4.78 is 33.3. The normalized spacial score (nSPS) is 12.9. The lowest BCUT2D eigenvalue weighted by molar-refractivity contribution is 0.103. The van der Waals surface area contributed by atoms with Crippen molar-refractivity contribution in [2.45, 2.75) is 4.90 Å². The number of ether oxygens (including phenoxy) is 1. The van der Waals surface area contributed by atoms with Gasteiger partial charge in [0.05, 0.1) is 12.0 Å². The lowest BCUT2D eigenvalue weighted by Gasteiger charge is -2.11. The van der Waals surface area contributed by atoms with Crippen LogP contribution in [0.5, 0.6) is 5.75 Å². The molecule has 3 aromatic rings. The highest BCUT2D eigenvalue weighted by Gasteiger charge is 2.26. The fourth-order valence-corrected chi connectivity index (χ4v) is 4.23. The van der Waals surface area contributed by atoms with Crippen LogP contribution in [0.25, 0.3) is 10.8 Å². The van der Waals surface area contributed by atoms with E-state index in [1.54, 1.807) is 55.6 Å². The molecule has 0 fully saturated rings. The Morgan fingerprint density at radius 3 is 2.48 bits per heavy atom. The van der Waals surface area contributed by atoms with Gasteiger partial charge in [-0.2, -0.15) is 0 Å². The summed E-state index contributed by atoms with van der Waals surface area (Å²) in [6.07, 6.45) is 0. The molecule has 1 heterocycles. The maximum Gasteiger partial charge on any atom is 0.262 e. The SMILES string of the molecule is COc1ccc(NS(=O)(=O)c2ccc3c4c(cccc24)C(=O)N3)cc1. The van der Waals surface area contributed by atoms with Crippen molar-refractivity contribution in [2.24, 2.45) is 0 Å². The summed E-state index contributed by atoms with van der Waals surface area (Å²) in [5.74, 6) is 0.413. The number of hydrogen-bond donors (Lipinski definition) is 2. The predicted molar refractivity (Wildman–Crippen MR) is 95.7 cm³/mol. The maximum atomic E-state index is 12.8. The van der Waals surface area contributed by atoms with Gasteiger partial charge in [-0.25, -0.2) is 8.42 Å². The van der Waals surface area contributed by atoms with E-state index in [4.69, 9.17) is 4.74 Å². The topological polar surface area (TPSA) is 84.5 Å². The minimum absolute atomic E-state index is 0.125. The number of hydrogen-bond acceptors (Lipinski definition) is 4. The number of amides is 1. The van der Waals surface area contributed by atoms with Crippen LogP contribution in [0.2, 0.25) is 0 Å². The number of methoxy groups -OCH3 is 1. The number of rotatable bonds is 4. The highest BCUT2D eigenvalue weighted by Crippen LogP contribution is 2.37. The van der Waals surface area contributed by atoms with E-state index in [-0.39, 0.29) is 10.8 Å². The molecule has 0 aromatic heterocycles. The van der Waals surface area contributed by atoms with Crippen molar-refractivity contribution in [3.8, 4) is 5.75 Å². The van der Waals surface area contributed by atoms with Gasteiger partial charge in [0.25, 0.3) is 15.9 Å². The number of carbonyl (C=O) groups excluding carboxylic acids is 1. The molecular formula is C18H14N2O4S. The van der Waals surface area contributed by atoms with E-state index in [1.807, 2.05) is 0 Å². The Kier molecular flexibility index (Phi) is 3.40. The lowest BCUT2D eigenvalue weighted by Crippen LogP contribution is -2.13. The molecule has 3 aromatic carbocycles. The average Bonchev–Trinajstić information content (AvgIpc) is 2.93. The van der Waals surface area contributed by atoms with E-state index < -0.39 is 10.0 Å². The molecule has 0 atom stereocenters. The average molecular weight is 354 g/mol. The van der Waals surface area contributed by atoms with Gasteiger partial charge in [-0.3, -0.25) is 9.52 Å². The van der Waals surface area contributed by atoms with Crippen molar-refractivity contribution in [2.75, 3.05) is 17.1 Å². The summed E-state index contributed by atoms with van der Waals surface area (Å²) >= 11 is 0. The van der Waals surface area contributed by atoms with Gasteiger partial charge in [0.15, 0.2) is 0 Å². The second kappa shape index (κ2) is 5.49. The van der Waals surface area contributed by atoms with Gasteiger partial charge in [0, 0.05) is 27.7 Å². The third-order valence-electron chi connectivity index (χ3n) is 4.13. The summed E-state index contributed by atoms with van der Waals surface area (Å²) in [6, 6.07) is 14.8. The smallest absolute Gasteiger partial charge is 0.262 e. The highest BCUT2D eigenvalue weighted by atomic mass is 32.2. The van der Waals surface area contributed by atoms with Crippen LogP contribution in [-0.2, 0) is 10.0 Å². The zero-order chi connectivity index (χ0) is 17.6. The van der Waals surface area contributed by atoms with Gasteiger partial charge in [0.1, 0.15) is 5.75 Å². The predicted octanol–water partition coefficient (Wildman–Crippen LogP) is 3.21. The van der Waals surface area contributed by atoms with Gasteiger partial charge in [0.2, 0.25) is 0 Å². The quantitative estimate of drug-likeness (QED) is 0.753. The molecule has 0 unspecified atom stereocenters. The van der Waals surface area contributed by atoms with Gasteiger partial charge in [-0.15, -0.1) is 0 Å². The van der Waals surface area contributed by atoms with Crippen molar-refractivity contribution < 1.29 is 17.9 Å². The van der Waals surface area contributed by atoms with Crippen LogP contribution in [0, 0.1) is 0 Å². The minimum Gasteiger partial charge on any atom is -0.497 e. The van der Waals surface area contributed by atoms with Gasteiger partial charge < -0.3 is 10.1 Å². The van der Waals surface area contributed by atoms with E-state index in [2.05, 4.69) is 10.0 Å². The molecule has 0 spiro atoms. The van der Waals surface area contributed by atoms with E-state index in [9.17, 15) is 13.2 Å². The number of anilines is 2. The summed E-state index contributed by atoms with van der Waals surface area (Å²) in [4.78, 5) is 12.1. The largest absolute Gasteiger partial charge is 0.497 e. The van der Waals surface area contributed by atoms with Crippen molar-refractivity contribution in [3.05, 3.63) is 60.2 Å². The Bertz CT molecular complexity index is 1110. The summed E-state index contributed by atoms with van der Waals surface area (Å²) in [5.41, 5.74) is 1.53. The van der Waals surface area contributed by atoms with E-state index >= 15 is 0 Å². The standard InChI is InChI=1S/C18H14N2O4S/c1-24-12-7-5-11(6-8-12)20-25(22,23)16-10-9-15-17-13(16)3-2-4-14(17)18(21)19-15/h2-10,20H,1H3,(H,19,21).